The quantitative estimate of drug-likeness (QED) is 0.521. The standard InChI is InChI=1S/C24H19FN2O2/c25-17-11-12-23(26)16(14-17)6-5-13-27-24(28)29-15-22-20-9-3-1-7-18(20)19-8-2-4-10-21(19)22/h1-4,7-12,14,22H,13,15,26H2,(H,27,28). The number of anilines is 1. The average molecular weight is 386 g/mol. The van der Waals surface area contributed by atoms with Crippen molar-refractivity contribution in [2.24, 2.45) is 0 Å². The van der Waals surface area contributed by atoms with Crippen molar-refractivity contribution in [3.63, 3.8) is 0 Å². The van der Waals surface area contributed by atoms with Crippen molar-refractivity contribution in [1.82, 2.24) is 5.32 Å². The predicted octanol–water partition coefficient (Wildman–Crippen LogP) is 4.30. The first-order chi connectivity index (χ1) is 14.1. The minimum absolute atomic E-state index is 0.00586. The van der Waals surface area contributed by atoms with E-state index in [1.165, 1.54) is 29.3 Å². The molecular formula is C24H19FN2O2. The molecule has 0 saturated carbocycles. The van der Waals surface area contributed by atoms with Gasteiger partial charge < -0.3 is 15.8 Å². The van der Waals surface area contributed by atoms with Crippen LogP contribution in [0.25, 0.3) is 11.1 Å². The number of benzene rings is 3. The van der Waals surface area contributed by atoms with E-state index in [-0.39, 0.29) is 19.1 Å². The van der Waals surface area contributed by atoms with E-state index in [0.717, 1.165) is 11.1 Å². The molecule has 0 aliphatic heterocycles. The minimum atomic E-state index is -0.548. The monoisotopic (exact) mass is 386 g/mol. The molecule has 5 heteroatoms. The molecule has 0 bridgehead atoms. The molecule has 0 saturated heterocycles. The Morgan fingerprint density at radius 1 is 1.03 bits per heavy atom. The Bertz CT molecular complexity index is 1090. The Kier molecular flexibility index (Phi) is 5.17. The first-order valence-electron chi connectivity index (χ1n) is 9.26. The van der Waals surface area contributed by atoms with Crippen LogP contribution >= 0.6 is 0 Å². The second kappa shape index (κ2) is 8.07. The lowest BCUT2D eigenvalue weighted by Crippen LogP contribution is -2.26. The second-order valence-electron chi connectivity index (χ2n) is 6.71. The van der Waals surface area contributed by atoms with E-state index in [1.54, 1.807) is 0 Å². The van der Waals surface area contributed by atoms with Crippen molar-refractivity contribution in [3.05, 3.63) is 89.2 Å². The number of alkyl carbamates (subject to hydrolysis) is 1. The summed E-state index contributed by atoms with van der Waals surface area (Å²) in [6.07, 6.45) is -0.548. The van der Waals surface area contributed by atoms with E-state index >= 15 is 0 Å². The molecule has 0 unspecified atom stereocenters. The number of halogens is 1. The number of nitrogens with one attached hydrogen (secondary N) is 1. The molecule has 0 atom stereocenters. The van der Waals surface area contributed by atoms with Crippen LogP contribution in [0.5, 0.6) is 0 Å². The molecule has 1 aliphatic carbocycles. The lowest BCUT2D eigenvalue weighted by molar-refractivity contribution is 0.144. The fourth-order valence-electron chi connectivity index (χ4n) is 3.54. The average Bonchev–Trinajstić information content (AvgIpc) is 3.06. The Morgan fingerprint density at radius 2 is 1.69 bits per heavy atom. The van der Waals surface area contributed by atoms with Crippen LogP contribution in [0.1, 0.15) is 22.6 Å². The first kappa shape index (κ1) is 18.6. The normalized spacial score (nSPS) is 11.8. The molecule has 0 heterocycles. The number of nitrogens with two attached hydrogens (primary N) is 1. The zero-order valence-corrected chi connectivity index (χ0v) is 15.6. The van der Waals surface area contributed by atoms with Gasteiger partial charge in [0.05, 0.1) is 12.1 Å². The highest BCUT2D eigenvalue weighted by Crippen LogP contribution is 2.44. The Labute approximate surface area is 168 Å². The molecule has 1 aliphatic rings. The van der Waals surface area contributed by atoms with Gasteiger partial charge in [-0.05, 0) is 40.5 Å². The molecule has 4 nitrogen and oxygen atoms in total. The van der Waals surface area contributed by atoms with E-state index in [9.17, 15) is 9.18 Å². The van der Waals surface area contributed by atoms with Gasteiger partial charge in [0.1, 0.15) is 12.4 Å². The van der Waals surface area contributed by atoms with Crippen LogP contribution in [0, 0.1) is 17.7 Å². The van der Waals surface area contributed by atoms with Crippen molar-refractivity contribution >= 4 is 11.8 Å². The number of nitrogen functional groups attached to an aromatic ring is 1. The fraction of sp³-hybridized carbons (Fsp3) is 0.125. The van der Waals surface area contributed by atoms with Crippen LogP contribution in [0.3, 0.4) is 0 Å². The maximum atomic E-state index is 13.2. The second-order valence-corrected chi connectivity index (χ2v) is 6.71. The highest BCUT2D eigenvalue weighted by Gasteiger charge is 2.28. The van der Waals surface area contributed by atoms with Gasteiger partial charge in [0, 0.05) is 11.6 Å². The van der Waals surface area contributed by atoms with Gasteiger partial charge in [0.15, 0.2) is 0 Å². The number of hydrogen-bond acceptors (Lipinski definition) is 3. The number of fused-ring (bicyclic) bond motifs is 3. The number of carbonyl (C=O) groups is 1. The maximum Gasteiger partial charge on any atom is 0.407 e. The zero-order chi connectivity index (χ0) is 20.2. The third-order valence-electron chi connectivity index (χ3n) is 4.90. The van der Waals surface area contributed by atoms with E-state index in [0.29, 0.717) is 11.3 Å². The highest BCUT2D eigenvalue weighted by molar-refractivity contribution is 5.79. The summed E-state index contributed by atoms with van der Waals surface area (Å²) in [5, 5.41) is 2.59. The maximum absolute atomic E-state index is 13.2. The summed E-state index contributed by atoms with van der Waals surface area (Å²) in [6, 6.07) is 20.3. The Hall–Kier alpha value is -3.78. The van der Waals surface area contributed by atoms with Gasteiger partial charge in [0.2, 0.25) is 0 Å². The largest absolute Gasteiger partial charge is 0.449 e. The van der Waals surface area contributed by atoms with E-state index < -0.39 is 11.9 Å². The van der Waals surface area contributed by atoms with Crippen molar-refractivity contribution in [3.8, 4) is 23.0 Å². The summed E-state index contributed by atoms with van der Waals surface area (Å²) in [4.78, 5) is 12.1. The van der Waals surface area contributed by atoms with Crippen LogP contribution in [0.15, 0.2) is 66.7 Å². The highest BCUT2D eigenvalue weighted by atomic mass is 19.1. The number of carbonyl (C=O) groups excluding carboxylic acids is 1. The Balaban J connectivity index is 1.36. The zero-order valence-electron chi connectivity index (χ0n) is 15.6. The van der Waals surface area contributed by atoms with Gasteiger partial charge in [-0.2, -0.15) is 0 Å². The van der Waals surface area contributed by atoms with Crippen LogP contribution < -0.4 is 11.1 Å². The van der Waals surface area contributed by atoms with E-state index in [1.807, 2.05) is 24.3 Å². The van der Waals surface area contributed by atoms with Gasteiger partial charge in [-0.25, -0.2) is 9.18 Å². The lowest BCUT2D eigenvalue weighted by atomic mass is 9.98. The molecule has 29 heavy (non-hydrogen) atoms. The van der Waals surface area contributed by atoms with Gasteiger partial charge >= 0.3 is 6.09 Å². The number of ether oxygens (including phenoxy) is 1. The van der Waals surface area contributed by atoms with E-state index in [4.69, 9.17) is 10.5 Å². The van der Waals surface area contributed by atoms with Crippen molar-refractivity contribution in [1.29, 1.82) is 0 Å². The van der Waals surface area contributed by atoms with Gasteiger partial charge in [-0.1, -0.05) is 60.4 Å². The summed E-state index contributed by atoms with van der Waals surface area (Å²) in [5.41, 5.74) is 11.2. The van der Waals surface area contributed by atoms with Crippen molar-refractivity contribution < 1.29 is 13.9 Å². The van der Waals surface area contributed by atoms with Crippen LogP contribution in [-0.4, -0.2) is 19.2 Å². The molecular weight excluding hydrogens is 367 g/mol. The summed E-state index contributed by atoms with van der Waals surface area (Å²) in [6.45, 7) is 0.316. The molecule has 0 spiro atoms. The van der Waals surface area contributed by atoms with Crippen molar-refractivity contribution in [2.75, 3.05) is 18.9 Å². The van der Waals surface area contributed by atoms with Crippen molar-refractivity contribution in [2.45, 2.75) is 5.92 Å². The number of rotatable bonds is 3. The van der Waals surface area contributed by atoms with Gasteiger partial charge in [-0.15, -0.1) is 0 Å². The van der Waals surface area contributed by atoms with Crippen LogP contribution in [0.2, 0.25) is 0 Å². The molecule has 0 radical (unpaired) electrons. The molecule has 4 rings (SSSR count). The number of hydrogen-bond donors (Lipinski definition) is 2. The molecule has 3 N–H and O–H groups in total. The summed E-state index contributed by atoms with van der Waals surface area (Å²) < 4.78 is 18.7. The Morgan fingerprint density at radius 3 is 2.38 bits per heavy atom. The molecule has 144 valence electrons. The smallest absolute Gasteiger partial charge is 0.407 e. The SMILES string of the molecule is Nc1ccc(F)cc1C#CCNC(=O)OCC1c2ccccc2-c2ccccc21. The third kappa shape index (κ3) is 3.92. The molecule has 0 fully saturated rings. The summed E-state index contributed by atoms with van der Waals surface area (Å²) in [5.74, 6) is 5.09. The predicted molar refractivity (Wildman–Crippen MR) is 111 cm³/mol. The van der Waals surface area contributed by atoms with E-state index in [2.05, 4.69) is 41.4 Å². The van der Waals surface area contributed by atoms with Gasteiger partial charge in [-0.3, -0.25) is 0 Å². The first-order valence-corrected chi connectivity index (χ1v) is 9.26. The third-order valence-corrected chi connectivity index (χ3v) is 4.90. The molecule has 1 amide bonds. The molecule has 3 aromatic carbocycles. The number of amides is 1. The molecule has 3 aromatic rings. The lowest BCUT2D eigenvalue weighted by Gasteiger charge is -2.14. The van der Waals surface area contributed by atoms with Crippen LogP contribution in [0.4, 0.5) is 14.9 Å². The molecule has 0 aromatic heterocycles. The minimum Gasteiger partial charge on any atom is -0.449 e. The fourth-order valence-corrected chi connectivity index (χ4v) is 3.54. The topological polar surface area (TPSA) is 64.3 Å². The van der Waals surface area contributed by atoms with Gasteiger partial charge in [0.25, 0.3) is 0 Å². The van der Waals surface area contributed by atoms with Crippen LogP contribution in [-0.2, 0) is 4.74 Å². The summed E-state index contributed by atoms with van der Waals surface area (Å²) in [7, 11) is 0. The summed E-state index contributed by atoms with van der Waals surface area (Å²) >= 11 is 0.